The fraction of sp³-hybridized carbons (Fsp3) is 0.167. The first kappa shape index (κ1) is 22.8. The number of nitrogens with zero attached hydrogens (tertiary/aromatic N) is 1. The van der Waals surface area contributed by atoms with Crippen molar-refractivity contribution in [1.29, 1.82) is 0 Å². The molecule has 1 amide bonds. The summed E-state index contributed by atoms with van der Waals surface area (Å²) in [6, 6.07) is 18.3. The molecule has 33 heavy (non-hydrogen) atoms. The first-order valence-electron chi connectivity index (χ1n) is 10.2. The fourth-order valence-electron chi connectivity index (χ4n) is 3.44. The smallest absolute Gasteiger partial charge is 0.255 e. The minimum atomic E-state index is -4.07. The lowest BCUT2D eigenvalue weighted by Crippen LogP contribution is -2.40. The largest absolute Gasteiger partial charge is 0.379 e. The number of morpholine rings is 1. The van der Waals surface area contributed by atoms with Crippen LogP contribution in [0.5, 0.6) is 0 Å². The van der Waals surface area contributed by atoms with Crippen LogP contribution in [0.2, 0.25) is 0 Å². The summed E-state index contributed by atoms with van der Waals surface area (Å²) in [5.41, 5.74) is 1.37. The third-order valence-corrected chi connectivity index (χ3v) is 7.14. The van der Waals surface area contributed by atoms with Crippen LogP contribution in [0.4, 0.5) is 10.1 Å². The average molecular weight is 469 g/mol. The maximum atomic E-state index is 14.4. The van der Waals surface area contributed by atoms with Crippen LogP contribution in [0.15, 0.2) is 77.7 Å². The Morgan fingerprint density at radius 2 is 1.45 bits per heavy atom. The van der Waals surface area contributed by atoms with Crippen LogP contribution >= 0.6 is 0 Å². The number of carbonyl (C=O) groups excluding carboxylic acids is 2. The SMILES string of the molecule is O=C(Nc1ccc(F)c(S(=O)(=O)N2CCOCC2)c1)c1ccc(C(=O)c2ccccc2)cc1. The van der Waals surface area contributed by atoms with E-state index in [0.29, 0.717) is 11.1 Å². The molecule has 0 bridgehead atoms. The number of amides is 1. The van der Waals surface area contributed by atoms with E-state index in [2.05, 4.69) is 5.32 Å². The van der Waals surface area contributed by atoms with E-state index in [9.17, 15) is 22.4 Å². The minimum absolute atomic E-state index is 0.131. The number of hydrogen-bond acceptors (Lipinski definition) is 5. The van der Waals surface area contributed by atoms with Crippen molar-refractivity contribution < 1.29 is 27.1 Å². The summed E-state index contributed by atoms with van der Waals surface area (Å²) in [4.78, 5) is 24.6. The third kappa shape index (κ3) is 5.00. The number of rotatable bonds is 6. The van der Waals surface area contributed by atoms with Gasteiger partial charge in [0.25, 0.3) is 5.91 Å². The number of halogens is 1. The summed E-state index contributed by atoms with van der Waals surface area (Å²) >= 11 is 0. The predicted molar refractivity (Wildman–Crippen MR) is 120 cm³/mol. The summed E-state index contributed by atoms with van der Waals surface area (Å²) in [6.45, 7) is 0.735. The van der Waals surface area contributed by atoms with Crippen molar-refractivity contribution in [2.24, 2.45) is 0 Å². The molecule has 1 aliphatic heterocycles. The van der Waals surface area contributed by atoms with Crippen LogP contribution < -0.4 is 5.32 Å². The highest BCUT2D eigenvalue weighted by Crippen LogP contribution is 2.24. The van der Waals surface area contributed by atoms with Gasteiger partial charge in [-0.05, 0) is 30.3 Å². The second-order valence-electron chi connectivity index (χ2n) is 7.39. The van der Waals surface area contributed by atoms with Gasteiger partial charge in [0.2, 0.25) is 10.0 Å². The molecule has 0 saturated carbocycles. The highest BCUT2D eigenvalue weighted by Gasteiger charge is 2.29. The maximum absolute atomic E-state index is 14.4. The van der Waals surface area contributed by atoms with Gasteiger partial charge in [-0.2, -0.15) is 4.31 Å². The molecule has 0 aromatic heterocycles. The first-order valence-corrected chi connectivity index (χ1v) is 11.7. The van der Waals surface area contributed by atoms with Gasteiger partial charge in [-0.1, -0.05) is 42.5 Å². The molecule has 1 fully saturated rings. The van der Waals surface area contributed by atoms with Crippen LogP contribution in [-0.4, -0.2) is 50.7 Å². The highest BCUT2D eigenvalue weighted by molar-refractivity contribution is 7.89. The van der Waals surface area contributed by atoms with E-state index in [4.69, 9.17) is 4.74 Å². The molecule has 9 heteroatoms. The van der Waals surface area contributed by atoms with E-state index in [1.54, 1.807) is 36.4 Å². The van der Waals surface area contributed by atoms with Crippen LogP contribution in [0.1, 0.15) is 26.3 Å². The first-order chi connectivity index (χ1) is 15.9. The second-order valence-corrected chi connectivity index (χ2v) is 9.29. The number of anilines is 1. The maximum Gasteiger partial charge on any atom is 0.255 e. The number of sulfonamides is 1. The van der Waals surface area contributed by atoms with Gasteiger partial charge in [-0.3, -0.25) is 9.59 Å². The molecule has 3 aromatic carbocycles. The quantitative estimate of drug-likeness (QED) is 0.561. The molecule has 1 aliphatic rings. The van der Waals surface area contributed by atoms with Crippen molar-refractivity contribution in [2.45, 2.75) is 4.90 Å². The van der Waals surface area contributed by atoms with Crippen molar-refractivity contribution in [3.8, 4) is 0 Å². The third-order valence-electron chi connectivity index (χ3n) is 5.22. The van der Waals surface area contributed by atoms with Gasteiger partial charge in [0, 0.05) is 35.5 Å². The van der Waals surface area contributed by atoms with Crippen molar-refractivity contribution >= 4 is 27.4 Å². The van der Waals surface area contributed by atoms with Crippen LogP contribution in [-0.2, 0) is 14.8 Å². The topological polar surface area (TPSA) is 92.8 Å². The van der Waals surface area contributed by atoms with E-state index < -0.39 is 26.6 Å². The van der Waals surface area contributed by atoms with Crippen molar-refractivity contribution in [3.63, 3.8) is 0 Å². The standard InChI is InChI=1S/C24H21FN2O5S/c25-21-11-10-20(16-22(21)33(30,31)27-12-14-32-15-13-27)26-24(29)19-8-6-18(7-9-19)23(28)17-4-2-1-3-5-17/h1-11,16H,12-15H2,(H,26,29). The molecule has 1 N–H and O–H groups in total. The van der Waals surface area contributed by atoms with E-state index in [0.717, 1.165) is 16.4 Å². The summed E-state index contributed by atoms with van der Waals surface area (Å²) in [5.74, 6) is -1.59. The molecular formula is C24H21FN2O5S. The summed E-state index contributed by atoms with van der Waals surface area (Å²) in [6.07, 6.45) is 0. The normalized spacial score (nSPS) is 14.6. The lowest BCUT2D eigenvalue weighted by molar-refractivity contribution is 0.0729. The molecule has 4 rings (SSSR count). The molecule has 170 valence electrons. The summed E-state index contributed by atoms with van der Waals surface area (Å²) in [5, 5.41) is 2.58. The molecular weight excluding hydrogens is 447 g/mol. The Labute approximate surface area is 190 Å². The van der Waals surface area contributed by atoms with Gasteiger partial charge in [-0.15, -0.1) is 0 Å². The van der Waals surface area contributed by atoms with Crippen molar-refractivity contribution in [2.75, 3.05) is 31.6 Å². The zero-order valence-corrected chi connectivity index (χ0v) is 18.3. The van der Waals surface area contributed by atoms with Crippen LogP contribution in [0.25, 0.3) is 0 Å². The highest BCUT2D eigenvalue weighted by atomic mass is 32.2. The lowest BCUT2D eigenvalue weighted by atomic mass is 10.0. The zero-order chi connectivity index (χ0) is 23.4. The molecule has 1 saturated heterocycles. The Hall–Kier alpha value is -3.40. The van der Waals surface area contributed by atoms with E-state index >= 15 is 0 Å². The Kier molecular flexibility index (Phi) is 6.64. The Morgan fingerprint density at radius 1 is 0.848 bits per heavy atom. The minimum Gasteiger partial charge on any atom is -0.379 e. The second kappa shape index (κ2) is 9.62. The van der Waals surface area contributed by atoms with E-state index in [-0.39, 0.29) is 43.3 Å². The van der Waals surface area contributed by atoms with Gasteiger partial charge < -0.3 is 10.1 Å². The molecule has 3 aromatic rings. The molecule has 7 nitrogen and oxygen atoms in total. The molecule has 1 heterocycles. The summed E-state index contributed by atoms with van der Waals surface area (Å²) < 4.78 is 46.3. The molecule has 0 unspecified atom stereocenters. The number of hydrogen-bond donors (Lipinski definition) is 1. The summed E-state index contributed by atoms with van der Waals surface area (Å²) in [7, 11) is -4.07. The van der Waals surface area contributed by atoms with Gasteiger partial charge in [0.05, 0.1) is 13.2 Å². The van der Waals surface area contributed by atoms with Crippen molar-refractivity contribution in [1.82, 2.24) is 4.31 Å². The van der Waals surface area contributed by atoms with Crippen molar-refractivity contribution in [3.05, 3.63) is 95.3 Å². The average Bonchev–Trinajstić information content (AvgIpc) is 2.86. The number of ketones is 1. The zero-order valence-electron chi connectivity index (χ0n) is 17.5. The molecule has 0 spiro atoms. The van der Waals surface area contributed by atoms with Gasteiger partial charge >= 0.3 is 0 Å². The Bertz CT molecular complexity index is 1270. The van der Waals surface area contributed by atoms with Crippen LogP contribution in [0, 0.1) is 5.82 Å². The van der Waals surface area contributed by atoms with Gasteiger partial charge in [-0.25, -0.2) is 12.8 Å². The fourth-order valence-corrected chi connectivity index (χ4v) is 4.94. The Balaban J connectivity index is 1.51. The monoisotopic (exact) mass is 468 g/mol. The number of carbonyl (C=O) groups is 2. The molecule has 0 aliphatic carbocycles. The number of nitrogens with one attached hydrogen (secondary N) is 1. The Morgan fingerprint density at radius 3 is 2.12 bits per heavy atom. The molecule has 0 atom stereocenters. The van der Waals surface area contributed by atoms with Gasteiger partial charge in [0.1, 0.15) is 10.7 Å². The van der Waals surface area contributed by atoms with E-state index in [1.807, 2.05) is 6.07 Å². The number of ether oxygens (including phenoxy) is 1. The lowest BCUT2D eigenvalue weighted by Gasteiger charge is -2.26. The predicted octanol–water partition coefficient (Wildman–Crippen LogP) is 3.33. The van der Waals surface area contributed by atoms with Gasteiger partial charge in [0.15, 0.2) is 5.78 Å². The molecule has 0 radical (unpaired) electrons. The van der Waals surface area contributed by atoms with E-state index in [1.165, 1.54) is 18.2 Å². The number of benzene rings is 3. The van der Waals surface area contributed by atoms with Crippen LogP contribution in [0.3, 0.4) is 0 Å².